The standard InChI is InChI=1S/C18H26N2O4/c1-13(2)6-8-19-18(22)7-9-20(14(3)21)11-15-4-5-16-17(10-15)24-12-23-16/h4-5,10,13H,6-9,11-12H2,1-3H3,(H,19,22). The van der Waals surface area contributed by atoms with Crippen LogP contribution in [0.1, 0.15) is 39.2 Å². The van der Waals surface area contributed by atoms with Crippen molar-refractivity contribution in [3.8, 4) is 11.5 Å². The first-order chi connectivity index (χ1) is 11.5. The van der Waals surface area contributed by atoms with Gasteiger partial charge in [0, 0.05) is 33.0 Å². The number of amides is 2. The molecule has 0 saturated carbocycles. The second-order valence-electron chi connectivity index (χ2n) is 6.41. The van der Waals surface area contributed by atoms with E-state index < -0.39 is 0 Å². The summed E-state index contributed by atoms with van der Waals surface area (Å²) in [5.74, 6) is 1.90. The van der Waals surface area contributed by atoms with E-state index in [9.17, 15) is 9.59 Å². The molecule has 1 aliphatic heterocycles. The maximum Gasteiger partial charge on any atom is 0.231 e. The van der Waals surface area contributed by atoms with Crippen molar-refractivity contribution in [1.82, 2.24) is 10.2 Å². The predicted molar refractivity (Wildman–Crippen MR) is 90.7 cm³/mol. The van der Waals surface area contributed by atoms with Crippen LogP contribution in [-0.2, 0) is 16.1 Å². The lowest BCUT2D eigenvalue weighted by molar-refractivity contribution is -0.130. The highest BCUT2D eigenvalue weighted by Gasteiger charge is 2.16. The van der Waals surface area contributed by atoms with Gasteiger partial charge in [-0.25, -0.2) is 0 Å². The number of nitrogens with one attached hydrogen (secondary N) is 1. The molecule has 0 spiro atoms. The maximum absolute atomic E-state index is 11.9. The van der Waals surface area contributed by atoms with E-state index >= 15 is 0 Å². The summed E-state index contributed by atoms with van der Waals surface area (Å²) in [6.45, 7) is 7.51. The lowest BCUT2D eigenvalue weighted by Crippen LogP contribution is -2.34. The molecule has 24 heavy (non-hydrogen) atoms. The summed E-state index contributed by atoms with van der Waals surface area (Å²) in [7, 11) is 0. The van der Waals surface area contributed by atoms with Crippen LogP contribution in [0.15, 0.2) is 18.2 Å². The number of ether oxygens (including phenoxy) is 2. The quantitative estimate of drug-likeness (QED) is 0.792. The van der Waals surface area contributed by atoms with Crippen LogP contribution in [0.4, 0.5) is 0 Å². The lowest BCUT2D eigenvalue weighted by atomic mass is 10.1. The first-order valence-corrected chi connectivity index (χ1v) is 8.36. The predicted octanol–water partition coefficient (Wildman–Crippen LogP) is 2.32. The van der Waals surface area contributed by atoms with Gasteiger partial charge in [-0.1, -0.05) is 19.9 Å². The Balaban J connectivity index is 1.83. The van der Waals surface area contributed by atoms with Crippen molar-refractivity contribution < 1.29 is 19.1 Å². The fourth-order valence-electron chi connectivity index (χ4n) is 2.43. The number of nitrogens with zero attached hydrogens (tertiary/aromatic N) is 1. The first-order valence-electron chi connectivity index (χ1n) is 8.36. The highest BCUT2D eigenvalue weighted by atomic mass is 16.7. The number of carbonyl (C=O) groups excluding carboxylic acids is 2. The van der Waals surface area contributed by atoms with Gasteiger partial charge in [0.1, 0.15) is 0 Å². The van der Waals surface area contributed by atoms with Gasteiger partial charge in [0.15, 0.2) is 11.5 Å². The summed E-state index contributed by atoms with van der Waals surface area (Å²) in [6.07, 6.45) is 1.27. The molecule has 1 aliphatic rings. The molecule has 0 unspecified atom stereocenters. The van der Waals surface area contributed by atoms with Gasteiger partial charge in [-0.2, -0.15) is 0 Å². The Bertz CT molecular complexity index is 586. The summed E-state index contributed by atoms with van der Waals surface area (Å²) < 4.78 is 10.6. The molecule has 0 aromatic heterocycles. The van der Waals surface area contributed by atoms with Gasteiger partial charge in [0.05, 0.1) is 0 Å². The van der Waals surface area contributed by atoms with Crippen LogP contribution in [0, 0.1) is 5.92 Å². The number of rotatable bonds is 8. The van der Waals surface area contributed by atoms with Crippen LogP contribution in [0.3, 0.4) is 0 Å². The van der Waals surface area contributed by atoms with Crippen LogP contribution >= 0.6 is 0 Å². The molecule has 1 N–H and O–H groups in total. The number of hydrogen-bond donors (Lipinski definition) is 1. The average molecular weight is 334 g/mol. The van der Waals surface area contributed by atoms with Crippen LogP contribution in [0.25, 0.3) is 0 Å². The van der Waals surface area contributed by atoms with Crippen LogP contribution in [0.2, 0.25) is 0 Å². The highest BCUT2D eigenvalue weighted by molar-refractivity contribution is 5.78. The minimum absolute atomic E-state index is 0.0208. The van der Waals surface area contributed by atoms with Crippen LogP contribution in [-0.4, -0.2) is 36.6 Å². The fraction of sp³-hybridized carbons (Fsp3) is 0.556. The number of benzene rings is 1. The molecule has 6 nitrogen and oxygen atoms in total. The summed E-state index contributed by atoms with van der Waals surface area (Å²) in [5, 5.41) is 2.89. The monoisotopic (exact) mass is 334 g/mol. The molecule has 1 aromatic carbocycles. The summed E-state index contributed by atoms with van der Waals surface area (Å²) in [6, 6.07) is 5.63. The highest BCUT2D eigenvalue weighted by Crippen LogP contribution is 2.32. The number of hydrogen-bond acceptors (Lipinski definition) is 4. The van der Waals surface area contributed by atoms with Crippen molar-refractivity contribution in [2.75, 3.05) is 19.9 Å². The Labute approximate surface area is 143 Å². The summed E-state index contributed by atoms with van der Waals surface area (Å²) >= 11 is 0. The van der Waals surface area contributed by atoms with Gasteiger partial charge in [-0.15, -0.1) is 0 Å². The molecule has 2 amide bonds. The molecule has 0 aliphatic carbocycles. The van der Waals surface area contributed by atoms with Crippen molar-refractivity contribution in [2.24, 2.45) is 5.92 Å². The van der Waals surface area contributed by atoms with Crippen LogP contribution in [0.5, 0.6) is 11.5 Å². The zero-order chi connectivity index (χ0) is 17.5. The van der Waals surface area contributed by atoms with Gasteiger partial charge >= 0.3 is 0 Å². The summed E-state index contributed by atoms with van der Waals surface area (Å²) in [5.41, 5.74) is 0.953. The van der Waals surface area contributed by atoms with E-state index in [0.717, 1.165) is 17.7 Å². The second kappa shape index (κ2) is 8.57. The van der Waals surface area contributed by atoms with Crippen molar-refractivity contribution in [3.05, 3.63) is 23.8 Å². The smallest absolute Gasteiger partial charge is 0.231 e. The third kappa shape index (κ3) is 5.44. The van der Waals surface area contributed by atoms with E-state index in [1.165, 1.54) is 6.92 Å². The first kappa shape index (κ1) is 18.1. The van der Waals surface area contributed by atoms with Gasteiger partial charge in [-0.05, 0) is 30.0 Å². The van der Waals surface area contributed by atoms with Gasteiger partial charge < -0.3 is 19.7 Å². The van der Waals surface area contributed by atoms with Gasteiger partial charge in [-0.3, -0.25) is 9.59 Å². The minimum atomic E-state index is -0.0531. The van der Waals surface area contributed by atoms with Gasteiger partial charge in [0.2, 0.25) is 18.6 Å². The molecular formula is C18H26N2O4. The molecule has 2 rings (SSSR count). The van der Waals surface area contributed by atoms with E-state index in [0.29, 0.717) is 37.7 Å². The SMILES string of the molecule is CC(=O)N(CCC(=O)NCCC(C)C)Cc1ccc2c(c1)OCO2. The van der Waals surface area contributed by atoms with E-state index in [2.05, 4.69) is 19.2 Å². The third-order valence-corrected chi connectivity index (χ3v) is 3.91. The van der Waals surface area contributed by atoms with Crippen molar-refractivity contribution in [1.29, 1.82) is 0 Å². The lowest BCUT2D eigenvalue weighted by Gasteiger charge is -2.21. The van der Waals surface area contributed by atoms with Gasteiger partial charge in [0.25, 0.3) is 0 Å². The van der Waals surface area contributed by atoms with E-state index in [-0.39, 0.29) is 18.6 Å². The molecule has 0 radical (unpaired) electrons. The van der Waals surface area contributed by atoms with Crippen LogP contribution < -0.4 is 14.8 Å². The van der Waals surface area contributed by atoms with Crippen molar-refractivity contribution in [2.45, 2.75) is 40.2 Å². The molecule has 1 heterocycles. The number of fused-ring (bicyclic) bond motifs is 1. The molecule has 0 fully saturated rings. The fourth-order valence-corrected chi connectivity index (χ4v) is 2.43. The third-order valence-electron chi connectivity index (χ3n) is 3.91. The minimum Gasteiger partial charge on any atom is -0.454 e. The Morgan fingerprint density at radius 1 is 1.25 bits per heavy atom. The average Bonchev–Trinajstić information content (AvgIpc) is 2.98. The molecule has 1 aromatic rings. The van der Waals surface area contributed by atoms with Crippen molar-refractivity contribution >= 4 is 11.8 Å². The maximum atomic E-state index is 11.9. The molecule has 132 valence electrons. The second-order valence-corrected chi connectivity index (χ2v) is 6.41. The largest absolute Gasteiger partial charge is 0.454 e. The molecule has 0 atom stereocenters. The molecule has 6 heteroatoms. The van der Waals surface area contributed by atoms with E-state index in [1.54, 1.807) is 4.90 Å². The number of carbonyl (C=O) groups is 2. The van der Waals surface area contributed by atoms with Crippen molar-refractivity contribution in [3.63, 3.8) is 0 Å². The molecule has 0 bridgehead atoms. The summed E-state index contributed by atoms with van der Waals surface area (Å²) in [4.78, 5) is 25.4. The Hall–Kier alpha value is -2.24. The normalized spacial score (nSPS) is 12.3. The Morgan fingerprint density at radius 3 is 2.71 bits per heavy atom. The zero-order valence-corrected chi connectivity index (χ0v) is 14.6. The van der Waals surface area contributed by atoms with E-state index in [4.69, 9.17) is 9.47 Å². The van der Waals surface area contributed by atoms with E-state index in [1.807, 2.05) is 18.2 Å². The molecule has 0 saturated heterocycles. The Morgan fingerprint density at radius 2 is 2.00 bits per heavy atom. The topological polar surface area (TPSA) is 67.9 Å². The Kier molecular flexibility index (Phi) is 6.46. The zero-order valence-electron chi connectivity index (χ0n) is 14.6. The molecular weight excluding hydrogens is 308 g/mol.